The van der Waals surface area contributed by atoms with Crippen molar-refractivity contribution >= 4 is 17.3 Å². The first-order chi connectivity index (χ1) is 12.5. The van der Waals surface area contributed by atoms with E-state index in [0.717, 1.165) is 35.5 Å². The van der Waals surface area contributed by atoms with E-state index in [1.54, 1.807) is 0 Å². The molecular weight excluding hydrogens is 320 g/mol. The Bertz CT molecular complexity index is 741. The summed E-state index contributed by atoms with van der Waals surface area (Å²) in [4.78, 5) is 17.3. The van der Waals surface area contributed by atoms with Gasteiger partial charge in [0.25, 0.3) is 5.91 Å². The smallest absolute Gasteiger partial charge is 0.251 e. The maximum atomic E-state index is 12.9. The third kappa shape index (κ3) is 3.52. The van der Waals surface area contributed by atoms with Gasteiger partial charge < -0.3 is 9.80 Å². The van der Waals surface area contributed by atoms with Crippen LogP contribution in [0.5, 0.6) is 0 Å². The first-order valence-electron chi connectivity index (χ1n) is 9.38. The first kappa shape index (κ1) is 18.2. The number of benzene rings is 2. The van der Waals surface area contributed by atoms with Gasteiger partial charge in [-0.3, -0.25) is 4.79 Å². The van der Waals surface area contributed by atoms with E-state index in [-0.39, 0.29) is 12.1 Å². The zero-order valence-corrected chi connectivity index (χ0v) is 16.1. The van der Waals surface area contributed by atoms with Crippen molar-refractivity contribution in [1.82, 2.24) is 4.90 Å². The van der Waals surface area contributed by atoms with E-state index in [4.69, 9.17) is 0 Å². The van der Waals surface area contributed by atoms with Crippen molar-refractivity contribution in [3.8, 4) is 0 Å². The van der Waals surface area contributed by atoms with Gasteiger partial charge in [-0.2, -0.15) is 0 Å². The van der Waals surface area contributed by atoms with E-state index in [1.165, 1.54) is 0 Å². The molecule has 3 rings (SSSR count). The van der Waals surface area contributed by atoms with Crippen molar-refractivity contribution in [3.05, 3.63) is 71.8 Å². The minimum Gasteiger partial charge on any atom is -0.317 e. The maximum Gasteiger partial charge on any atom is 0.251 e. The van der Waals surface area contributed by atoms with Crippen molar-refractivity contribution < 1.29 is 4.79 Å². The van der Waals surface area contributed by atoms with Crippen LogP contribution in [-0.2, 0) is 4.79 Å². The van der Waals surface area contributed by atoms with Gasteiger partial charge in [0, 0.05) is 23.5 Å². The minimum absolute atomic E-state index is 0.0777. The summed E-state index contributed by atoms with van der Waals surface area (Å²) in [5, 5.41) is 0. The van der Waals surface area contributed by atoms with Gasteiger partial charge in [0.15, 0.2) is 0 Å². The van der Waals surface area contributed by atoms with Crippen LogP contribution in [0.2, 0.25) is 0 Å². The molecule has 3 nitrogen and oxygen atoms in total. The SMILES string of the molecule is CC1=C(C)[C@@H](N(c2ccccc2)c2ccccc2)N(CCC(C)C)C1=O. The average Bonchev–Trinajstić information content (AvgIpc) is 2.86. The molecule has 1 heterocycles. The quantitative estimate of drug-likeness (QED) is 0.700. The van der Waals surface area contributed by atoms with Gasteiger partial charge >= 0.3 is 0 Å². The summed E-state index contributed by atoms with van der Waals surface area (Å²) in [6.45, 7) is 9.22. The number of nitrogens with zero attached hydrogens (tertiary/aromatic N) is 2. The van der Waals surface area contributed by atoms with Crippen LogP contribution < -0.4 is 4.90 Å². The van der Waals surface area contributed by atoms with Gasteiger partial charge in [-0.15, -0.1) is 0 Å². The monoisotopic (exact) mass is 348 g/mol. The number of carbonyl (C=O) groups excluding carboxylic acids is 1. The normalized spacial score (nSPS) is 17.3. The van der Waals surface area contributed by atoms with Gasteiger partial charge in [-0.25, -0.2) is 0 Å². The lowest BCUT2D eigenvalue weighted by Gasteiger charge is -2.38. The lowest BCUT2D eigenvalue weighted by atomic mass is 10.1. The third-order valence-electron chi connectivity index (χ3n) is 5.12. The predicted octanol–water partition coefficient (Wildman–Crippen LogP) is 5.38. The molecule has 0 bridgehead atoms. The molecular formula is C23H28N2O. The van der Waals surface area contributed by atoms with Crippen LogP contribution >= 0.6 is 0 Å². The van der Waals surface area contributed by atoms with Crippen molar-refractivity contribution in [2.24, 2.45) is 5.92 Å². The number of hydrogen-bond acceptors (Lipinski definition) is 2. The molecule has 3 heteroatoms. The van der Waals surface area contributed by atoms with Crippen LogP contribution in [-0.4, -0.2) is 23.5 Å². The number of amides is 1. The zero-order valence-electron chi connectivity index (χ0n) is 16.1. The molecule has 0 unspecified atom stereocenters. The molecule has 1 aliphatic rings. The van der Waals surface area contributed by atoms with Crippen LogP contribution in [0.3, 0.4) is 0 Å². The molecule has 0 N–H and O–H groups in total. The highest BCUT2D eigenvalue weighted by molar-refractivity contribution is 5.98. The second-order valence-electron chi connectivity index (χ2n) is 7.40. The lowest BCUT2D eigenvalue weighted by molar-refractivity contribution is -0.127. The van der Waals surface area contributed by atoms with Crippen molar-refractivity contribution in [2.45, 2.75) is 40.3 Å². The van der Waals surface area contributed by atoms with Gasteiger partial charge in [-0.05, 0) is 56.0 Å². The standard InChI is InChI=1S/C23H28N2O/c1-17(2)15-16-24-22(18(3)19(4)23(24)26)25(20-11-7-5-8-12-20)21-13-9-6-10-14-21/h5-14,17,22H,15-16H2,1-4H3/t22-/m1/s1. The molecule has 1 atom stereocenters. The molecule has 2 aromatic carbocycles. The highest BCUT2D eigenvalue weighted by atomic mass is 16.2. The van der Waals surface area contributed by atoms with E-state index in [2.05, 4.69) is 49.9 Å². The molecule has 0 aromatic heterocycles. The molecule has 26 heavy (non-hydrogen) atoms. The summed E-state index contributed by atoms with van der Waals surface area (Å²) in [5.74, 6) is 0.719. The molecule has 0 fully saturated rings. The highest BCUT2D eigenvalue weighted by Gasteiger charge is 2.39. The second kappa shape index (κ2) is 7.77. The van der Waals surface area contributed by atoms with Crippen molar-refractivity contribution in [2.75, 3.05) is 11.4 Å². The van der Waals surface area contributed by atoms with Gasteiger partial charge in [0.1, 0.15) is 6.17 Å². The summed E-state index contributed by atoms with van der Waals surface area (Å²) in [7, 11) is 0. The molecule has 2 aromatic rings. The molecule has 0 aliphatic carbocycles. The van der Waals surface area contributed by atoms with E-state index < -0.39 is 0 Å². The predicted molar refractivity (Wildman–Crippen MR) is 108 cm³/mol. The number of carbonyl (C=O) groups is 1. The fraction of sp³-hybridized carbons (Fsp3) is 0.348. The van der Waals surface area contributed by atoms with Crippen LogP contribution in [0.25, 0.3) is 0 Å². The Kier molecular flexibility index (Phi) is 5.46. The lowest BCUT2D eigenvalue weighted by Crippen LogP contribution is -2.46. The zero-order chi connectivity index (χ0) is 18.7. The van der Waals surface area contributed by atoms with Crippen LogP contribution in [0.1, 0.15) is 34.1 Å². The maximum absolute atomic E-state index is 12.9. The molecule has 136 valence electrons. The van der Waals surface area contributed by atoms with Gasteiger partial charge in [-0.1, -0.05) is 50.2 Å². The van der Waals surface area contributed by atoms with Gasteiger partial charge in [0.2, 0.25) is 0 Å². The van der Waals surface area contributed by atoms with Crippen LogP contribution in [0, 0.1) is 5.92 Å². The van der Waals surface area contributed by atoms with E-state index >= 15 is 0 Å². The number of hydrogen-bond donors (Lipinski definition) is 0. The van der Waals surface area contributed by atoms with Crippen LogP contribution in [0.15, 0.2) is 71.8 Å². The summed E-state index contributed by atoms with van der Waals surface area (Å²) in [6, 6.07) is 20.7. The first-order valence-corrected chi connectivity index (χ1v) is 9.38. The summed E-state index contributed by atoms with van der Waals surface area (Å²) in [5.41, 5.74) is 4.20. The third-order valence-corrected chi connectivity index (χ3v) is 5.12. The van der Waals surface area contributed by atoms with E-state index in [0.29, 0.717) is 5.92 Å². The molecule has 1 amide bonds. The summed E-state index contributed by atoms with van der Waals surface area (Å²) < 4.78 is 0. The van der Waals surface area contributed by atoms with Crippen molar-refractivity contribution in [1.29, 1.82) is 0 Å². The Labute approximate surface area is 156 Å². The fourth-order valence-corrected chi connectivity index (χ4v) is 3.49. The van der Waals surface area contributed by atoms with Gasteiger partial charge in [0.05, 0.1) is 0 Å². The molecule has 0 spiro atoms. The largest absolute Gasteiger partial charge is 0.317 e. The van der Waals surface area contributed by atoms with Crippen molar-refractivity contribution in [3.63, 3.8) is 0 Å². The summed E-state index contributed by atoms with van der Waals surface area (Å²) in [6.07, 6.45) is 0.922. The Morgan fingerprint density at radius 3 is 1.88 bits per heavy atom. The molecule has 0 saturated carbocycles. The second-order valence-corrected chi connectivity index (χ2v) is 7.40. The Morgan fingerprint density at radius 2 is 1.42 bits per heavy atom. The topological polar surface area (TPSA) is 23.6 Å². The number of anilines is 2. The van der Waals surface area contributed by atoms with Crippen LogP contribution in [0.4, 0.5) is 11.4 Å². The summed E-state index contributed by atoms with van der Waals surface area (Å²) >= 11 is 0. The molecule has 0 saturated heterocycles. The molecule has 0 radical (unpaired) electrons. The van der Waals surface area contributed by atoms with E-state index in [9.17, 15) is 4.79 Å². The number of rotatable bonds is 6. The Balaban J connectivity index is 2.07. The average molecular weight is 348 g/mol. The fourth-order valence-electron chi connectivity index (χ4n) is 3.49. The Hall–Kier alpha value is -2.55. The van der Waals surface area contributed by atoms with E-state index in [1.807, 2.05) is 48.2 Å². The minimum atomic E-state index is -0.0777. The Morgan fingerprint density at radius 1 is 0.923 bits per heavy atom. The number of para-hydroxylation sites is 2. The highest BCUT2D eigenvalue weighted by Crippen LogP contribution is 2.37. The molecule has 1 aliphatic heterocycles.